The van der Waals surface area contributed by atoms with Crippen LogP contribution in [0.5, 0.6) is 0 Å². The van der Waals surface area contributed by atoms with Gasteiger partial charge in [0.15, 0.2) is 0 Å². The molecule has 0 unspecified atom stereocenters. The van der Waals surface area contributed by atoms with Crippen LogP contribution >= 0.6 is 0 Å². The second-order valence-corrected chi connectivity index (χ2v) is 7.80. The first-order valence-electron chi connectivity index (χ1n) is 9.69. The van der Waals surface area contributed by atoms with Gasteiger partial charge in [-0.3, -0.25) is 14.7 Å². The van der Waals surface area contributed by atoms with Gasteiger partial charge < -0.3 is 10.0 Å². The van der Waals surface area contributed by atoms with Crippen LogP contribution in [-0.2, 0) is 11.3 Å². The Morgan fingerprint density at radius 1 is 1.36 bits per heavy atom. The van der Waals surface area contributed by atoms with Crippen LogP contribution < -0.4 is 0 Å². The predicted octanol–water partition coefficient (Wildman–Crippen LogP) is 2.45. The van der Waals surface area contributed by atoms with Gasteiger partial charge in [0.2, 0.25) is 5.91 Å². The van der Waals surface area contributed by atoms with Gasteiger partial charge in [-0.25, -0.2) is 0 Å². The summed E-state index contributed by atoms with van der Waals surface area (Å²) in [4.78, 5) is 20.7. The molecule has 1 atom stereocenters. The Morgan fingerprint density at radius 2 is 2.08 bits per heavy atom. The van der Waals surface area contributed by atoms with E-state index in [0.29, 0.717) is 38.4 Å². The van der Waals surface area contributed by atoms with E-state index in [0.717, 1.165) is 13.1 Å². The van der Waals surface area contributed by atoms with Crippen molar-refractivity contribution in [2.75, 3.05) is 26.2 Å². The lowest BCUT2D eigenvalue weighted by molar-refractivity contribution is -0.132. The average molecular weight is 345 g/mol. The number of likely N-dealkylation sites (tertiary alicyclic amines) is 1. The molecule has 5 heteroatoms. The van der Waals surface area contributed by atoms with Crippen LogP contribution in [0.25, 0.3) is 0 Å². The maximum Gasteiger partial charge on any atom is 0.222 e. The number of aromatic nitrogens is 1. The second kappa shape index (κ2) is 8.28. The highest BCUT2D eigenvalue weighted by Crippen LogP contribution is 2.30. The van der Waals surface area contributed by atoms with Gasteiger partial charge in [-0.15, -0.1) is 0 Å². The number of aliphatic hydroxyl groups is 1. The monoisotopic (exact) mass is 345 g/mol. The minimum absolute atomic E-state index is 0.236. The molecule has 2 fully saturated rings. The van der Waals surface area contributed by atoms with E-state index in [2.05, 4.69) is 16.8 Å². The summed E-state index contributed by atoms with van der Waals surface area (Å²) in [6.45, 7) is 5.57. The number of hydrogen-bond donors (Lipinski definition) is 1. The molecule has 0 radical (unpaired) electrons. The summed E-state index contributed by atoms with van der Waals surface area (Å²) in [6.07, 6.45) is 9.87. The largest absolute Gasteiger partial charge is 0.387 e. The summed E-state index contributed by atoms with van der Waals surface area (Å²) >= 11 is 0. The van der Waals surface area contributed by atoms with Gasteiger partial charge in [0.05, 0.1) is 12.1 Å². The second-order valence-electron chi connectivity index (χ2n) is 7.80. The standard InChI is InChI=1S/C20H31N3O2/c1-2-22(14-18-7-10-21-11-8-18)15-20(25)9-12-23(16-20)19(24)13-17-5-3-4-6-17/h7-8,10-11,17,25H,2-6,9,12-16H2,1H3/t20-/m0/s1. The van der Waals surface area contributed by atoms with Crippen molar-refractivity contribution in [1.82, 2.24) is 14.8 Å². The molecule has 3 rings (SSSR count). The highest BCUT2D eigenvalue weighted by Gasteiger charge is 2.39. The number of nitrogens with zero attached hydrogens (tertiary/aromatic N) is 3. The van der Waals surface area contributed by atoms with Gasteiger partial charge in [0.1, 0.15) is 0 Å². The van der Waals surface area contributed by atoms with Gasteiger partial charge in [0, 0.05) is 38.4 Å². The third kappa shape index (κ3) is 5.02. The lowest BCUT2D eigenvalue weighted by Gasteiger charge is -2.31. The Bertz CT molecular complexity index is 559. The van der Waals surface area contributed by atoms with Crippen LogP contribution in [0.3, 0.4) is 0 Å². The first-order valence-corrected chi connectivity index (χ1v) is 9.69. The van der Waals surface area contributed by atoms with Crippen molar-refractivity contribution in [3.05, 3.63) is 30.1 Å². The summed E-state index contributed by atoms with van der Waals surface area (Å²) in [5.41, 5.74) is 0.418. The molecule has 2 aliphatic rings. The van der Waals surface area contributed by atoms with Gasteiger partial charge in [0.25, 0.3) is 0 Å². The molecular formula is C20H31N3O2. The van der Waals surface area contributed by atoms with Crippen LogP contribution in [0.2, 0.25) is 0 Å². The Morgan fingerprint density at radius 3 is 2.76 bits per heavy atom. The molecule has 2 heterocycles. The number of hydrogen-bond acceptors (Lipinski definition) is 4. The summed E-state index contributed by atoms with van der Waals surface area (Å²) in [6, 6.07) is 4.03. The van der Waals surface area contributed by atoms with Gasteiger partial charge in [-0.2, -0.15) is 0 Å². The van der Waals surface area contributed by atoms with E-state index in [1.54, 1.807) is 12.4 Å². The maximum absolute atomic E-state index is 12.5. The first kappa shape index (κ1) is 18.3. The summed E-state index contributed by atoms with van der Waals surface area (Å²) in [7, 11) is 0. The number of carbonyl (C=O) groups is 1. The smallest absolute Gasteiger partial charge is 0.222 e. The van der Waals surface area contributed by atoms with Crippen molar-refractivity contribution < 1.29 is 9.90 Å². The Kier molecular flexibility index (Phi) is 6.07. The summed E-state index contributed by atoms with van der Waals surface area (Å²) in [5, 5.41) is 11.0. The quantitative estimate of drug-likeness (QED) is 0.825. The van der Waals surface area contributed by atoms with E-state index in [9.17, 15) is 9.90 Å². The van der Waals surface area contributed by atoms with Gasteiger partial charge in [-0.05, 0) is 49.4 Å². The third-order valence-electron chi connectivity index (χ3n) is 5.74. The Hall–Kier alpha value is -1.46. The average Bonchev–Trinajstić information content (AvgIpc) is 3.25. The molecular weight excluding hydrogens is 314 g/mol. The molecule has 1 aliphatic heterocycles. The van der Waals surface area contributed by atoms with Gasteiger partial charge >= 0.3 is 0 Å². The molecule has 1 amide bonds. The molecule has 1 aromatic heterocycles. The minimum Gasteiger partial charge on any atom is -0.387 e. The van der Waals surface area contributed by atoms with Crippen molar-refractivity contribution in [3.63, 3.8) is 0 Å². The molecule has 1 N–H and O–H groups in total. The molecule has 5 nitrogen and oxygen atoms in total. The zero-order chi connectivity index (χ0) is 17.7. The molecule has 0 aromatic carbocycles. The Labute approximate surface area is 151 Å². The van der Waals surface area contributed by atoms with Crippen LogP contribution in [0, 0.1) is 5.92 Å². The van der Waals surface area contributed by atoms with Crippen LogP contribution in [-0.4, -0.2) is 57.6 Å². The minimum atomic E-state index is -0.783. The molecule has 138 valence electrons. The number of likely N-dealkylation sites (N-methyl/N-ethyl adjacent to an activating group) is 1. The molecule has 1 saturated carbocycles. The summed E-state index contributed by atoms with van der Waals surface area (Å²) < 4.78 is 0. The predicted molar refractivity (Wildman–Crippen MR) is 97.9 cm³/mol. The van der Waals surface area contributed by atoms with Crippen LogP contribution in [0.1, 0.15) is 51.0 Å². The lowest BCUT2D eigenvalue weighted by atomic mass is 10.0. The number of β-amino-alcohol motifs (C(OH)–C–C–N with tert-alkyl or cyclic N) is 1. The molecule has 1 aliphatic carbocycles. The van der Waals surface area contributed by atoms with Crippen molar-refractivity contribution in [3.8, 4) is 0 Å². The van der Waals surface area contributed by atoms with E-state index in [-0.39, 0.29) is 5.91 Å². The normalized spacial score (nSPS) is 24.4. The fourth-order valence-corrected chi connectivity index (χ4v) is 4.23. The molecule has 0 bridgehead atoms. The number of pyridine rings is 1. The zero-order valence-electron chi connectivity index (χ0n) is 15.4. The first-order chi connectivity index (χ1) is 12.1. The number of rotatable bonds is 7. The lowest BCUT2D eigenvalue weighted by Crippen LogP contribution is -2.45. The van der Waals surface area contributed by atoms with E-state index in [4.69, 9.17) is 0 Å². The zero-order valence-corrected chi connectivity index (χ0v) is 15.4. The van der Waals surface area contributed by atoms with Crippen molar-refractivity contribution in [1.29, 1.82) is 0 Å². The van der Waals surface area contributed by atoms with Crippen LogP contribution in [0.15, 0.2) is 24.5 Å². The Balaban J connectivity index is 1.52. The number of amides is 1. The highest BCUT2D eigenvalue weighted by molar-refractivity contribution is 5.77. The van der Waals surface area contributed by atoms with E-state index >= 15 is 0 Å². The number of carbonyl (C=O) groups excluding carboxylic acids is 1. The molecule has 1 aromatic rings. The fraction of sp³-hybridized carbons (Fsp3) is 0.700. The maximum atomic E-state index is 12.5. The van der Waals surface area contributed by atoms with E-state index < -0.39 is 5.60 Å². The molecule has 1 saturated heterocycles. The molecule has 25 heavy (non-hydrogen) atoms. The van der Waals surface area contributed by atoms with E-state index in [1.165, 1.54) is 31.2 Å². The topological polar surface area (TPSA) is 56.7 Å². The fourth-order valence-electron chi connectivity index (χ4n) is 4.23. The summed E-state index contributed by atoms with van der Waals surface area (Å²) in [5.74, 6) is 0.806. The highest BCUT2D eigenvalue weighted by atomic mass is 16.3. The SMILES string of the molecule is CCN(Cc1ccncc1)C[C@@]1(O)CCN(C(=O)CC2CCCC2)C1. The van der Waals surface area contributed by atoms with Crippen molar-refractivity contribution in [2.24, 2.45) is 5.92 Å². The van der Waals surface area contributed by atoms with Crippen molar-refractivity contribution >= 4 is 5.91 Å². The van der Waals surface area contributed by atoms with Crippen molar-refractivity contribution in [2.45, 2.75) is 57.6 Å². The third-order valence-corrected chi connectivity index (χ3v) is 5.74. The van der Waals surface area contributed by atoms with Crippen LogP contribution in [0.4, 0.5) is 0 Å². The molecule has 0 spiro atoms. The van der Waals surface area contributed by atoms with Gasteiger partial charge in [-0.1, -0.05) is 19.8 Å². The van der Waals surface area contributed by atoms with E-state index in [1.807, 2.05) is 17.0 Å².